The molecule has 1 aliphatic rings. The fraction of sp³-hybridized carbons (Fsp3) is 0.538. The van der Waals surface area contributed by atoms with Crippen molar-refractivity contribution in [1.82, 2.24) is 4.90 Å². The van der Waals surface area contributed by atoms with Gasteiger partial charge in [0.2, 0.25) is 0 Å². The molecular formula is C13H19ClN2O. The van der Waals surface area contributed by atoms with Crippen molar-refractivity contribution >= 4 is 11.6 Å². The van der Waals surface area contributed by atoms with Crippen molar-refractivity contribution < 1.29 is 4.74 Å². The third-order valence-electron chi connectivity index (χ3n) is 3.10. The van der Waals surface area contributed by atoms with Crippen LogP contribution in [0.5, 0.6) is 5.75 Å². The summed E-state index contributed by atoms with van der Waals surface area (Å²) in [5.41, 5.74) is 6.79. The van der Waals surface area contributed by atoms with Gasteiger partial charge in [0.15, 0.2) is 0 Å². The van der Waals surface area contributed by atoms with Crippen molar-refractivity contribution in [2.75, 3.05) is 20.2 Å². The van der Waals surface area contributed by atoms with Gasteiger partial charge in [-0.05, 0) is 31.0 Å². The van der Waals surface area contributed by atoms with Crippen LogP contribution >= 0.6 is 11.6 Å². The molecule has 0 aliphatic heterocycles. The predicted molar refractivity (Wildman–Crippen MR) is 70.5 cm³/mol. The van der Waals surface area contributed by atoms with E-state index in [9.17, 15) is 0 Å². The Kier molecular flexibility index (Phi) is 4.26. The van der Waals surface area contributed by atoms with Crippen LogP contribution in [-0.4, -0.2) is 31.1 Å². The molecule has 0 radical (unpaired) electrons. The topological polar surface area (TPSA) is 38.5 Å². The van der Waals surface area contributed by atoms with Gasteiger partial charge < -0.3 is 10.5 Å². The third-order valence-corrected chi connectivity index (χ3v) is 3.33. The largest absolute Gasteiger partial charge is 0.496 e. The summed E-state index contributed by atoms with van der Waals surface area (Å²) in [5, 5.41) is 0.754. The molecule has 1 aromatic carbocycles. The van der Waals surface area contributed by atoms with E-state index >= 15 is 0 Å². The molecule has 0 unspecified atom stereocenters. The fourth-order valence-corrected chi connectivity index (χ4v) is 2.28. The summed E-state index contributed by atoms with van der Waals surface area (Å²) in [6, 6.07) is 6.45. The maximum atomic E-state index is 6.03. The first-order valence-electron chi connectivity index (χ1n) is 6.01. The first-order chi connectivity index (χ1) is 8.24. The van der Waals surface area contributed by atoms with Crippen LogP contribution in [0.2, 0.25) is 5.02 Å². The number of hydrogen-bond donors (Lipinski definition) is 1. The molecule has 17 heavy (non-hydrogen) atoms. The molecule has 4 heteroatoms. The molecule has 1 saturated carbocycles. The molecule has 0 saturated heterocycles. The van der Waals surface area contributed by atoms with Crippen LogP contribution in [0, 0.1) is 0 Å². The Labute approximate surface area is 107 Å². The fourth-order valence-electron chi connectivity index (χ4n) is 2.09. The highest BCUT2D eigenvalue weighted by molar-refractivity contribution is 6.30. The second-order valence-corrected chi connectivity index (χ2v) is 4.88. The van der Waals surface area contributed by atoms with Crippen LogP contribution in [0.15, 0.2) is 18.2 Å². The van der Waals surface area contributed by atoms with Crippen LogP contribution in [0.3, 0.4) is 0 Å². The number of benzene rings is 1. The van der Waals surface area contributed by atoms with Gasteiger partial charge in [-0.1, -0.05) is 11.6 Å². The molecule has 1 fully saturated rings. The smallest absolute Gasteiger partial charge is 0.123 e. The summed E-state index contributed by atoms with van der Waals surface area (Å²) in [4.78, 5) is 2.41. The van der Waals surface area contributed by atoms with Crippen molar-refractivity contribution in [3.8, 4) is 5.75 Å². The Morgan fingerprint density at radius 2 is 2.24 bits per heavy atom. The molecule has 3 nitrogen and oxygen atoms in total. The lowest BCUT2D eigenvalue weighted by molar-refractivity contribution is 0.258. The van der Waals surface area contributed by atoms with Gasteiger partial charge in [-0.15, -0.1) is 0 Å². The van der Waals surface area contributed by atoms with E-state index in [-0.39, 0.29) is 0 Å². The van der Waals surface area contributed by atoms with E-state index < -0.39 is 0 Å². The van der Waals surface area contributed by atoms with E-state index in [1.54, 1.807) is 7.11 Å². The quantitative estimate of drug-likeness (QED) is 0.847. The van der Waals surface area contributed by atoms with Crippen LogP contribution in [-0.2, 0) is 6.54 Å². The molecule has 0 amide bonds. The van der Waals surface area contributed by atoms with Crippen molar-refractivity contribution in [3.05, 3.63) is 28.8 Å². The lowest BCUT2D eigenvalue weighted by Gasteiger charge is -2.22. The van der Waals surface area contributed by atoms with Gasteiger partial charge in [-0.3, -0.25) is 4.90 Å². The van der Waals surface area contributed by atoms with Crippen molar-refractivity contribution in [3.63, 3.8) is 0 Å². The van der Waals surface area contributed by atoms with Gasteiger partial charge in [0.1, 0.15) is 5.75 Å². The first kappa shape index (κ1) is 12.7. The number of hydrogen-bond acceptors (Lipinski definition) is 3. The third kappa shape index (κ3) is 3.35. The molecule has 0 spiro atoms. The molecule has 0 atom stereocenters. The normalized spacial score (nSPS) is 15.3. The number of nitrogens with two attached hydrogens (primary N) is 1. The first-order valence-corrected chi connectivity index (χ1v) is 6.39. The van der Waals surface area contributed by atoms with Crippen LogP contribution in [0.1, 0.15) is 18.4 Å². The van der Waals surface area contributed by atoms with E-state index in [0.29, 0.717) is 12.6 Å². The van der Waals surface area contributed by atoms with Gasteiger partial charge in [-0.2, -0.15) is 0 Å². The molecule has 0 aromatic heterocycles. The van der Waals surface area contributed by atoms with E-state index in [0.717, 1.165) is 29.4 Å². The Bertz CT molecular complexity index is 380. The van der Waals surface area contributed by atoms with E-state index in [4.69, 9.17) is 22.1 Å². The Balaban J connectivity index is 2.11. The molecular weight excluding hydrogens is 236 g/mol. The van der Waals surface area contributed by atoms with Crippen LogP contribution < -0.4 is 10.5 Å². The van der Waals surface area contributed by atoms with Crippen LogP contribution in [0.25, 0.3) is 0 Å². The minimum absolute atomic E-state index is 0.694. The molecule has 0 bridgehead atoms. The lowest BCUT2D eigenvalue weighted by atomic mass is 10.2. The zero-order valence-electron chi connectivity index (χ0n) is 10.2. The zero-order chi connectivity index (χ0) is 12.3. The zero-order valence-corrected chi connectivity index (χ0v) is 10.9. The standard InChI is InChI=1S/C13H19ClN2O/c1-17-13-5-2-11(14)8-10(13)9-16(7-6-15)12-3-4-12/h2,5,8,12H,3-4,6-7,9,15H2,1H3. The Morgan fingerprint density at radius 3 is 2.82 bits per heavy atom. The number of halogens is 1. The molecule has 2 N–H and O–H groups in total. The highest BCUT2D eigenvalue weighted by Crippen LogP contribution is 2.30. The summed E-state index contributed by atoms with van der Waals surface area (Å²) >= 11 is 6.03. The highest BCUT2D eigenvalue weighted by Gasteiger charge is 2.28. The number of nitrogens with zero attached hydrogens (tertiary/aromatic N) is 1. The molecule has 2 rings (SSSR count). The Hall–Kier alpha value is -0.770. The van der Waals surface area contributed by atoms with Gasteiger partial charge in [0, 0.05) is 36.3 Å². The second-order valence-electron chi connectivity index (χ2n) is 4.45. The summed E-state index contributed by atoms with van der Waals surface area (Å²) in [5.74, 6) is 0.900. The molecule has 94 valence electrons. The maximum absolute atomic E-state index is 6.03. The van der Waals surface area contributed by atoms with Crippen molar-refractivity contribution in [2.45, 2.75) is 25.4 Å². The van der Waals surface area contributed by atoms with Gasteiger partial charge in [0.25, 0.3) is 0 Å². The number of ether oxygens (including phenoxy) is 1. The summed E-state index contributed by atoms with van der Waals surface area (Å²) in [7, 11) is 1.69. The number of rotatable bonds is 6. The molecule has 1 aliphatic carbocycles. The van der Waals surface area contributed by atoms with Crippen molar-refractivity contribution in [2.24, 2.45) is 5.73 Å². The molecule has 0 heterocycles. The summed E-state index contributed by atoms with van der Waals surface area (Å²) in [6.45, 7) is 2.49. The minimum Gasteiger partial charge on any atom is -0.496 e. The Morgan fingerprint density at radius 1 is 1.47 bits per heavy atom. The second kappa shape index (κ2) is 5.71. The minimum atomic E-state index is 0.694. The van der Waals surface area contributed by atoms with E-state index in [1.165, 1.54) is 12.8 Å². The van der Waals surface area contributed by atoms with Gasteiger partial charge in [0.05, 0.1) is 7.11 Å². The van der Waals surface area contributed by atoms with Crippen LogP contribution in [0.4, 0.5) is 0 Å². The number of methoxy groups -OCH3 is 1. The van der Waals surface area contributed by atoms with Crippen molar-refractivity contribution in [1.29, 1.82) is 0 Å². The van der Waals surface area contributed by atoms with E-state index in [2.05, 4.69) is 4.90 Å². The monoisotopic (exact) mass is 254 g/mol. The lowest BCUT2D eigenvalue weighted by Crippen LogP contribution is -2.31. The summed E-state index contributed by atoms with van der Waals surface area (Å²) in [6.07, 6.45) is 2.56. The average molecular weight is 255 g/mol. The van der Waals surface area contributed by atoms with E-state index in [1.807, 2.05) is 18.2 Å². The SMILES string of the molecule is COc1ccc(Cl)cc1CN(CCN)C1CC1. The predicted octanol–water partition coefficient (Wildman–Crippen LogP) is 2.27. The summed E-state index contributed by atoms with van der Waals surface area (Å²) < 4.78 is 5.36. The van der Waals surface area contributed by atoms with Gasteiger partial charge in [-0.25, -0.2) is 0 Å². The molecule has 1 aromatic rings. The van der Waals surface area contributed by atoms with Gasteiger partial charge >= 0.3 is 0 Å². The maximum Gasteiger partial charge on any atom is 0.123 e. The highest BCUT2D eigenvalue weighted by atomic mass is 35.5. The average Bonchev–Trinajstić information content (AvgIpc) is 3.13.